The van der Waals surface area contributed by atoms with Crippen molar-refractivity contribution < 1.29 is 18.3 Å². The van der Waals surface area contributed by atoms with Crippen LogP contribution in [-0.2, 0) is 15.0 Å². The monoisotopic (exact) mass is 264 g/mol. The lowest BCUT2D eigenvalue weighted by Crippen LogP contribution is -2.42. The van der Waals surface area contributed by atoms with Gasteiger partial charge in [-0.2, -0.15) is 12.7 Å². The van der Waals surface area contributed by atoms with Crippen LogP contribution < -0.4 is 4.72 Å². The lowest BCUT2D eigenvalue weighted by molar-refractivity contribution is -0.137. The van der Waals surface area contributed by atoms with E-state index in [4.69, 9.17) is 5.11 Å². The van der Waals surface area contributed by atoms with Crippen LogP contribution in [0.1, 0.15) is 32.6 Å². The molecule has 17 heavy (non-hydrogen) atoms. The van der Waals surface area contributed by atoms with Crippen LogP contribution in [-0.4, -0.2) is 43.4 Å². The van der Waals surface area contributed by atoms with Crippen LogP contribution in [0.5, 0.6) is 0 Å². The molecule has 0 bridgehead atoms. The summed E-state index contributed by atoms with van der Waals surface area (Å²) in [5, 5.41) is 8.44. The highest BCUT2D eigenvalue weighted by Crippen LogP contribution is 2.30. The molecule has 6 nitrogen and oxygen atoms in total. The second kappa shape index (κ2) is 6.32. The predicted octanol–water partition coefficient (Wildman–Crippen LogP) is 0.418. The molecule has 0 aromatic carbocycles. The summed E-state index contributed by atoms with van der Waals surface area (Å²) in [6, 6.07) is 0. The van der Waals surface area contributed by atoms with Crippen molar-refractivity contribution in [2.24, 2.45) is 5.92 Å². The number of carboxylic acids is 1. The second-order valence-electron chi connectivity index (χ2n) is 4.29. The maximum absolute atomic E-state index is 11.8. The standard InChI is InChI=1S/C10H20N2O4S/c1-2-12(8-9-5-6-9)17(15,16)11-7-3-4-10(13)14/h9,11H,2-8H2,1H3,(H,13,14). The van der Waals surface area contributed by atoms with Crippen molar-refractivity contribution in [1.29, 1.82) is 0 Å². The molecular weight excluding hydrogens is 244 g/mol. The summed E-state index contributed by atoms with van der Waals surface area (Å²) in [5.74, 6) is -0.403. The largest absolute Gasteiger partial charge is 0.481 e. The second-order valence-corrected chi connectivity index (χ2v) is 6.05. The Kier molecular flexibility index (Phi) is 5.35. The number of hydrogen-bond donors (Lipinski definition) is 2. The minimum Gasteiger partial charge on any atom is -0.481 e. The van der Waals surface area contributed by atoms with Gasteiger partial charge < -0.3 is 5.11 Å². The minimum absolute atomic E-state index is 0.0166. The number of carboxylic acid groups (broad SMARTS) is 1. The first-order valence-corrected chi connectivity index (χ1v) is 7.36. The molecular formula is C10H20N2O4S. The van der Waals surface area contributed by atoms with E-state index >= 15 is 0 Å². The molecule has 0 aromatic rings. The summed E-state index contributed by atoms with van der Waals surface area (Å²) < 4.78 is 27.5. The van der Waals surface area contributed by atoms with Crippen molar-refractivity contribution >= 4 is 16.2 Å². The molecule has 1 rings (SSSR count). The maximum atomic E-state index is 11.8. The average Bonchev–Trinajstić information content (AvgIpc) is 3.04. The molecule has 0 amide bonds. The first kappa shape index (κ1) is 14.4. The molecule has 1 aliphatic carbocycles. The molecule has 0 saturated heterocycles. The van der Waals surface area contributed by atoms with E-state index in [2.05, 4.69) is 4.72 Å². The molecule has 0 atom stereocenters. The fourth-order valence-corrected chi connectivity index (χ4v) is 2.85. The van der Waals surface area contributed by atoms with E-state index < -0.39 is 16.2 Å². The van der Waals surface area contributed by atoms with E-state index in [0.29, 0.717) is 25.4 Å². The zero-order chi connectivity index (χ0) is 12.9. The van der Waals surface area contributed by atoms with Gasteiger partial charge in [-0.1, -0.05) is 6.92 Å². The van der Waals surface area contributed by atoms with E-state index in [1.807, 2.05) is 0 Å². The van der Waals surface area contributed by atoms with Crippen LogP contribution in [0.3, 0.4) is 0 Å². The van der Waals surface area contributed by atoms with Gasteiger partial charge in [0.25, 0.3) is 10.2 Å². The molecule has 100 valence electrons. The van der Waals surface area contributed by atoms with Gasteiger partial charge in [0, 0.05) is 26.1 Å². The Labute approximate surface area is 102 Å². The average molecular weight is 264 g/mol. The molecule has 1 saturated carbocycles. The highest BCUT2D eigenvalue weighted by atomic mass is 32.2. The van der Waals surface area contributed by atoms with Crippen molar-refractivity contribution in [3.63, 3.8) is 0 Å². The van der Waals surface area contributed by atoms with Gasteiger partial charge in [0.2, 0.25) is 0 Å². The number of hydrogen-bond acceptors (Lipinski definition) is 3. The van der Waals surface area contributed by atoms with Gasteiger partial charge in [-0.15, -0.1) is 0 Å². The van der Waals surface area contributed by atoms with Crippen molar-refractivity contribution in [1.82, 2.24) is 9.03 Å². The third kappa shape index (κ3) is 5.47. The summed E-state index contributed by atoms with van der Waals surface area (Å²) in [5.41, 5.74) is 0. The Morgan fingerprint density at radius 2 is 2.12 bits per heavy atom. The first-order chi connectivity index (χ1) is 7.95. The Morgan fingerprint density at radius 1 is 1.47 bits per heavy atom. The van der Waals surface area contributed by atoms with Crippen LogP contribution in [0.4, 0.5) is 0 Å². The number of rotatable bonds is 9. The first-order valence-electron chi connectivity index (χ1n) is 5.92. The number of nitrogens with zero attached hydrogens (tertiary/aromatic N) is 1. The molecule has 7 heteroatoms. The zero-order valence-electron chi connectivity index (χ0n) is 10.1. The molecule has 2 N–H and O–H groups in total. The minimum atomic E-state index is -3.44. The Hall–Kier alpha value is -0.660. The van der Waals surface area contributed by atoms with Crippen molar-refractivity contribution in [2.45, 2.75) is 32.6 Å². The zero-order valence-corrected chi connectivity index (χ0v) is 10.9. The molecule has 1 fully saturated rings. The van der Waals surface area contributed by atoms with Gasteiger partial charge >= 0.3 is 5.97 Å². The van der Waals surface area contributed by atoms with E-state index in [0.717, 1.165) is 12.8 Å². The number of carbonyl (C=O) groups is 1. The summed E-state index contributed by atoms with van der Waals surface area (Å²) in [7, 11) is -3.44. The molecule has 0 heterocycles. The van der Waals surface area contributed by atoms with Crippen LogP contribution in [0.15, 0.2) is 0 Å². The molecule has 0 aromatic heterocycles. The molecule has 0 unspecified atom stereocenters. The van der Waals surface area contributed by atoms with Crippen LogP contribution in [0, 0.1) is 5.92 Å². The van der Waals surface area contributed by atoms with Crippen molar-refractivity contribution in [2.75, 3.05) is 19.6 Å². The summed E-state index contributed by atoms with van der Waals surface area (Å²) in [6.45, 7) is 3.00. The Balaban J connectivity index is 2.33. The fraction of sp³-hybridized carbons (Fsp3) is 0.900. The van der Waals surface area contributed by atoms with Gasteiger partial charge in [-0.3, -0.25) is 4.79 Å². The van der Waals surface area contributed by atoms with Crippen molar-refractivity contribution in [3.05, 3.63) is 0 Å². The summed E-state index contributed by atoms with van der Waals surface area (Å²) in [4.78, 5) is 10.3. The Bertz CT molecular complexity index is 351. The topological polar surface area (TPSA) is 86.7 Å². The fourth-order valence-electron chi connectivity index (χ4n) is 1.52. The Morgan fingerprint density at radius 3 is 2.59 bits per heavy atom. The van der Waals surface area contributed by atoms with Gasteiger partial charge in [0.15, 0.2) is 0 Å². The van der Waals surface area contributed by atoms with Crippen LogP contribution in [0.25, 0.3) is 0 Å². The lowest BCUT2D eigenvalue weighted by Gasteiger charge is -2.20. The van der Waals surface area contributed by atoms with Gasteiger partial charge in [-0.25, -0.2) is 4.72 Å². The van der Waals surface area contributed by atoms with Crippen LogP contribution >= 0.6 is 0 Å². The quantitative estimate of drug-likeness (QED) is 0.591. The normalized spacial score (nSPS) is 16.4. The smallest absolute Gasteiger partial charge is 0.303 e. The lowest BCUT2D eigenvalue weighted by atomic mass is 10.3. The molecule has 1 aliphatic rings. The molecule has 0 spiro atoms. The predicted molar refractivity (Wildman–Crippen MR) is 63.8 cm³/mol. The van der Waals surface area contributed by atoms with E-state index in [-0.39, 0.29) is 13.0 Å². The maximum Gasteiger partial charge on any atom is 0.303 e. The third-order valence-electron chi connectivity index (χ3n) is 2.70. The summed E-state index contributed by atoms with van der Waals surface area (Å²) in [6.07, 6.45) is 2.50. The van der Waals surface area contributed by atoms with Gasteiger partial charge in [0.1, 0.15) is 0 Å². The molecule has 0 radical (unpaired) electrons. The van der Waals surface area contributed by atoms with E-state index in [9.17, 15) is 13.2 Å². The SMILES string of the molecule is CCN(CC1CC1)S(=O)(=O)NCCCC(=O)O. The number of aliphatic carboxylic acids is 1. The number of nitrogens with one attached hydrogen (secondary N) is 1. The van der Waals surface area contributed by atoms with E-state index in [1.165, 1.54) is 4.31 Å². The van der Waals surface area contributed by atoms with Gasteiger partial charge in [-0.05, 0) is 25.2 Å². The van der Waals surface area contributed by atoms with E-state index in [1.54, 1.807) is 6.92 Å². The highest BCUT2D eigenvalue weighted by molar-refractivity contribution is 7.87. The van der Waals surface area contributed by atoms with Crippen molar-refractivity contribution in [3.8, 4) is 0 Å². The van der Waals surface area contributed by atoms with Gasteiger partial charge in [0.05, 0.1) is 0 Å². The highest BCUT2D eigenvalue weighted by Gasteiger charge is 2.29. The molecule has 0 aliphatic heterocycles. The van der Waals surface area contributed by atoms with Crippen LogP contribution in [0.2, 0.25) is 0 Å². The summed E-state index contributed by atoms with van der Waals surface area (Å²) >= 11 is 0. The third-order valence-corrected chi connectivity index (χ3v) is 4.36.